The molecule has 0 aliphatic heterocycles. The van der Waals surface area contributed by atoms with Gasteiger partial charge >= 0.3 is 0 Å². The van der Waals surface area contributed by atoms with Crippen molar-refractivity contribution in [2.24, 2.45) is 0 Å². The van der Waals surface area contributed by atoms with Crippen molar-refractivity contribution in [1.82, 2.24) is 5.32 Å². The molecule has 0 spiro atoms. The smallest absolute Gasteiger partial charge is 0.251 e. The van der Waals surface area contributed by atoms with E-state index in [1.165, 1.54) is 0 Å². The zero-order valence-corrected chi connectivity index (χ0v) is 14.4. The van der Waals surface area contributed by atoms with Crippen molar-refractivity contribution in [3.63, 3.8) is 0 Å². The molecule has 2 aromatic rings. The van der Waals surface area contributed by atoms with E-state index in [1.54, 1.807) is 19.2 Å². The first-order valence-electron chi connectivity index (χ1n) is 7.70. The molecule has 2 aromatic carbocycles. The molecule has 0 aromatic heterocycles. The van der Waals surface area contributed by atoms with E-state index in [0.29, 0.717) is 17.0 Å². The van der Waals surface area contributed by atoms with E-state index in [4.69, 9.17) is 4.74 Å². The fourth-order valence-electron chi connectivity index (χ4n) is 2.26. The Hall–Kier alpha value is -2.82. The molecule has 2 amide bonds. The van der Waals surface area contributed by atoms with Crippen molar-refractivity contribution < 1.29 is 14.3 Å². The van der Waals surface area contributed by atoms with Gasteiger partial charge in [-0.2, -0.15) is 0 Å². The second-order valence-electron chi connectivity index (χ2n) is 5.73. The minimum absolute atomic E-state index is 0.108. The highest BCUT2D eigenvalue weighted by Gasteiger charge is 2.11. The lowest BCUT2D eigenvalue weighted by Gasteiger charge is -2.12. The second kappa shape index (κ2) is 7.64. The third kappa shape index (κ3) is 4.35. The van der Waals surface area contributed by atoms with E-state index in [2.05, 4.69) is 10.6 Å². The largest absolute Gasteiger partial charge is 0.495 e. The number of carbonyl (C=O) groups excluding carboxylic acids is 2. The number of carbonyl (C=O) groups is 2. The number of nitrogens with one attached hydrogen (secondary N) is 2. The van der Waals surface area contributed by atoms with Gasteiger partial charge in [0.25, 0.3) is 5.91 Å². The van der Waals surface area contributed by atoms with E-state index >= 15 is 0 Å². The van der Waals surface area contributed by atoms with E-state index < -0.39 is 0 Å². The summed E-state index contributed by atoms with van der Waals surface area (Å²) in [6, 6.07) is 11.0. The molecule has 0 aliphatic rings. The summed E-state index contributed by atoms with van der Waals surface area (Å²) in [6.07, 6.45) is 0. The Morgan fingerprint density at radius 3 is 2.42 bits per heavy atom. The Morgan fingerprint density at radius 1 is 1.00 bits per heavy atom. The molecular formula is C19H22N2O3. The lowest BCUT2D eigenvalue weighted by molar-refractivity contribution is -0.115. The van der Waals surface area contributed by atoms with Gasteiger partial charge in [-0.15, -0.1) is 0 Å². The topological polar surface area (TPSA) is 67.4 Å². The first-order chi connectivity index (χ1) is 11.4. The average Bonchev–Trinajstić information content (AvgIpc) is 2.55. The number of benzene rings is 2. The maximum Gasteiger partial charge on any atom is 0.251 e. The molecule has 0 saturated carbocycles. The SMILES string of the molecule is COc1ccc(C)cc1NC(=O)CNC(=O)c1ccc(C)c(C)c1. The van der Waals surface area contributed by atoms with Crippen LogP contribution in [0.4, 0.5) is 5.69 Å². The maximum absolute atomic E-state index is 12.1. The normalized spacial score (nSPS) is 10.2. The highest BCUT2D eigenvalue weighted by Crippen LogP contribution is 2.24. The third-order valence-corrected chi connectivity index (χ3v) is 3.81. The second-order valence-corrected chi connectivity index (χ2v) is 5.73. The molecule has 126 valence electrons. The van der Waals surface area contributed by atoms with Crippen molar-refractivity contribution in [2.75, 3.05) is 19.0 Å². The van der Waals surface area contributed by atoms with Gasteiger partial charge in [-0.25, -0.2) is 0 Å². The molecule has 24 heavy (non-hydrogen) atoms. The van der Waals surface area contributed by atoms with Crippen molar-refractivity contribution in [3.8, 4) is 5.75 Å². The Morgan fingerprint density at radius 2 is 1.75 bits per heavy atom. The van der Waals surface area contributed by atoms with Crippen LogP contribution in [-0.4, -0.2) is 25.5 Å². The minimum Gasteiger partial charge on any atom is -0.495 e. The van der Waals surface area contributed by atoms with Crippen LogP contribution in [0.15, 0.2) is 36.4 Å². The summed E-state index contributed by atoms with van der Waals surface area (Å²) in [6.45, 7) is 5.75. The maximum atomic E-state index is 12.1. The zero-order valence-electron chi connectivity index (χ0n) is 14.4. The monoisotopic (exact) mass is 326 g/mol. The van der Waals surface area contributed by atoms with Gasteiger partial charge in [0, 0.05) is 5.56 Å². The predicted molar refractivity (Wildman–Crippen MR) is 94.6 cm³/mol. The van der Waals surface area contributed by atoms with Gasteiger partial charge < -0.3 is 15.4 Å². The molecule has 0 heterocycles. The molecule has 2 N–H and O–H groups in total. The molecule has 2 rings (SSSR count). The summed E-state index contributed by atoms with van der Waals surface area (Å²) < 4.78 is 5.22. The number of methoxy groups -OCH3 is 1. The lowest BCUT2D eigenvalue weighted by Crippen LogP contribution is -2.33. The number of ether oxygens (including phenoxy) is 1. The summed E-state index contributed by atoms with van der Waals surface area (Å²) in [4.78, 5) is 24.2. The van der Waals surface area contributed by atoms with Gasteiger partial charge in [-0.1, -0.05) is 12.1 Å². The summed E-state index contributed by atoms with van der Waals surface area (Å²) in [7, 11) is 1.54. The van der Waals surface area contributed by atoms with Crippen LogP contribution in [0.3, 0.4) is 0 Å². The van der Waals surface area contributed by atoms with Crippen LogP contribution in [0.1, 0.15) is 27.0 Å². The molecule has 0 unspecified atom stereocenters. The highest BCUT2D eigenvalue weighted by atomic mass is 16.5. The fourth-order valence-corrected chi connectivity index (χ4v) is 2.26. The minimum atomic E-state index is -0.309. The molecule has 5 nitrogen and oxygen atoms in total. The molecule has 0 aliphatic carbocycles. The van der Waals surface area contributed by atoms with Crippen LogP contribution in [-0.2, 0) is 4.79 Å². The Kier molecular flexibility index (Phi) is 5.58. The van der Waals surface area contributed by atoms with Gasteiger partial charge in [0.1, 0.15) is 5.75 Å². The molecule has 0 saturated heterocycles. The number of amides is 2. The van der Waals surface area contributed by atoms with Gasteiger partial charge in [0.05, 0.1) is 19.3 Å². The quantitative estimate of drug-likeness (QED) is 0.887. The van der Waals surface area contributed by atoms with Crippen molar-refractivity contribution in [1.29, 1.82) is 0 Å². The van der Waals surface area contributed by atoms with Gasteiger partial charge in [0.15, 0.2) is 0 Å². The average molecular weight is 326 g/mol. The zero-order chi connectivity index (χ0) is 17.7. The van der Waals surface area contributed by atoms with Crippen LogP contribution in [0.5, 0.6) is 5.75 Å². The fraction of sp³-hybridized carbons (Fsp3) is 0.263. The van der Waals surface area contributed by atoms with Crippen molar-refractivity contribution >= 4 is 17.5 Å². The number of hydrogen-bond donors (Lipinski definition) is 2. The first-order valence-corrected chi connectivity index (χ1v) is 7.70. The first kappa shape index (κ1) is 17.5. The lowest BCUT2D eigenvalue weighted by atomic mass is 10.1. The van der Waals surface area contributed by atoms with Crippen LogP contribution >= 0.6 is 0 Å². The van der Waals surface area contributed by atoms with Crippen LogP contribution < -0.4 is 15.4 Å². The van der Waals surface area contributed by atoms with E-state index in [-0.39, 0.29) is 18.4 Å². The summed E-state index contributed by atoms with van der Waals surface area (Å²) >= 11 is 0. The van der Waals surface area contributed by atoms with Crippen LogP contribution in [0, 0.1) is 20.8 Å². The highest BCUT2D eigenvalue weighted by molar-refractivity contribution is 6.00. The Balaban J connectivity index is 1.97. The van der Waals surface area contributed by atoms with Crippen LogP contribution in [0.25, 0.3) is 0 Å². The molecule has 0 radical (unpaired) electrons. The van der Waals surface area contributed by atoms with Crippen LogP contribution in [0.2, 0.25) is 0 Å². The van der Waals surface area contributed by atoms with Crippen molar-refractivity contribution in [2.45, 2.75) is 20.8 Å². The van der Waals surface area contributed by atoms with E-state index in [9.17, 15) is 9.59 Å². The summed E-state index contributed by atoms with van der Waals surface area (Å²) in [5, 5.41) is 5.38. The summed E-state index contributed by atoms with van der Waals surface area (Å²) in [5.74, 6) is -0.00465. The van der Waals surface area contributed by atoms with Gasteiger partial charge in [-0.05, 0) is 61.7 Å². The number of anilines is 1. The van der Waals surface area contributed by atoms with Gasteiger partial charge in [-0.3, -0.25) is 9.59 Å². The van der Waals surface area contributed by atoms with E-state index in [0.717, 1.165) is 16.7 Å². The number of hydrogen-bond acceptors (Lipinski definition) is 3. The number of rotatable bonds is 5. The standard InChI is InChI=1S/C19H22N2O3/c1-12-5-8-17(24-4)16(9-12)21-18(22)11-20-19(23)15-7-6-13(2)14(3)10-15/h5-10H,11H2,1-4H3,(H,20,23)(H,21,22). The Bertz CT molecular complexity index is 769. The van der Waals surface area contributed by atoms with Gasteiger partial charge in [0.2, 0.25) is 5.91 Å². The Labute approximate surface area is 142 Å². The summed E-state index contributed by atoms with van der Waals surface area (Å²) in [5.41, 5.74) is 4.29. The number of aryl methyl sites for hydroxylation is 3. The molecular weight excluding hydrogens is 304 g/mol. The van der Waals surface area contributed by atoms with Crippen molar-refractivity contribution in [3.05, 3.63) is 58.7 Å². The third-order valence-electron chi connectivity index (χ3n) is 3.81. The molecule has 0 bridgehead atoms. The van der Waals surface area contributed by atoms with E-state index in [1.807, 2.05) is 45.0 Å². The predicted octanol–water partition coefficient (Wildman–Crippen LogP) is 2.99. The molecule has 0 fully saturated rings. The molecule has 5 heteroatoms. The molecule has 0 atom stereocenters.